The fraction of sp³-hybridized carbons (Fsp3) is 0. The monoisotopic (exact) mass is 357 g/mol. The molecule has 24 heavy (non-hydrogen) atoms. The summed E-state index contributed by atoms with van der Waals surface area (Å²) in [4.78, 5) is 27.7. The molecule has 0 spiro atoms. The van der Waals surface area contributed by atoms with Crippen molar-refractivity contribution >= 4 is 52.2 Å². The average molecular weight is 358 g/mol. The van der Waals surface area contributed by atoms with Crippen molar-refractivity contribution in [1.29, 1.82) is 0 Å². The van der Waals surface area contributed by atoms with Gasteiger partial charge in [0.15, 0.2) is 5.17 Å². The molecular formula is C17H10ClN2O3S-. The van der Waals surface area contributed by atoms with Crippen LogP contribution in [0.15, 0.2) is 58.4 Å². The summed E-state index contributed by atoms with van der Waals surface area (Å²) in [6.07, 6.45) is 1.60. The Bertz CT molecular complexity index is 893. The quantitative estimate of drug-likeness (QED) is 0.856. The van der Waals surface area contributed by atoms with E-state index in [1.54, 1.807) is 42.5 Å². The van der Waals surface area contributed by atoms with E-state index in [-0.39, 0.29) is 11.5 Å². The number of thioether (sulfide) groups is 1. The largest absolute Gasteiger partial charge is 0.545 e. The molecule has 1 fully saturated rings. The van der Waals surface area contributed by atoms with Crippen LogP contribution >= 0.6 is 23.4 Å². The molecule has 1 amide bonds. The Morgan fingerprint density at radius 3 is 2.75 bits per heavy atom. The zero-order valence-electron chi connectivity index (χ0n) is 12.2. The smallest absolute Gasteiger partial charge is 0.264 e. The minimum Gasteiger partial charge on any atom is -0.545 e. The number of carboxylic acids is 1. The number of carbonyl (C=O) groups is 2. The van der Waals surface area contributed by atoms with Crippen LogP contribution in [0.25, 0.3) is 6.08 Å². The van der Waals surface area contributed by atoms with Crippen molar-refractivity contribution in [2.75, 3.05) is 0 Å². The van der Waals surface area contributed by atoms with Crippen molar-refractivity contribution in [2.45, 2.75) is 0 Å². The zero-order chi connectivity index (χ0) is 17.1. The van der Waals surface area contributed by atoms with Gasteiger partial charge in [-0.1, -0.05) is 41.9 Å². The number of nitrogens with zero attached hydrogens (tertiary/aromatic N) is 1. The molecular weight excluding hydrogens is 348 g/mol. The van der Waals surface area contributed by atoms with E-state index < -0.39 is 5.97 Å². The highest BCUT2D eigenvalue weighted by atomic mass is 35.5. The molecule has 1 aliphatic heterocycles. The van der Waals surface area contributed by atoms with Crippen molar-refractivity contribution in [3.05, 3.63) is 69.6 Å². The van der Waals surface area contributed by atoms with Gasteiger partial charge in [0.25, 0.3) is 5.91 Å². The maximum Gasteiger partial charge on any atom is 0.264 e. The molecule has 5 nitrogen and oxygen atoms in total. The minimum atomic E-state index is -1.26. The molecule has 0 aromatic heterocycles. The summed E-state index contributed by atoms with van der Waals surface area (Å²) in [6, 6.07) is 13.2. The van der Waals surface area contributed by atoms with Gasteiger partial charge in [0.1, 0.15) is 0 Å². The van der Waals surface area contributed by atoms with Gasteiger partial charge in [0.05, 0.1) is 21.6 Å². The van der Waals surface area contributed by atoms with Crippen molar-refractivity contribution < 1.29 is 14.7 Å². The third-order valence-electron chi connectivity index (χ3n) is 3.15. The molecule has 0 atom stereocenters. The molecule has 3 rings (SSSR count). The average Bonchev–Trinajstić information content (AvgIpc) is 2.89. The number of carbonyl (C=O) groups excluding carboxylic acids is 2. The molecule has 0 bridgehead atoms. The lowest BCUT2D eigenvalue weighted by Crippen LogP contribution is -2.22. The van der Waals surface area contributed by atoms with Gasteiger partial charge in [-0.05, 0) is 47.2 Å². The number of hydrogen-bond donors (Lipinski definition) is 1. The van der Waals surface area contributed by atoms with E-state index in [9.17, 15) is 14.7 Å². The van der Waals surface area contributed by atoms with Crippen LogP contribution in [-0.4, -0.2) is 17.0 Å². The molecule has 120 valence electrons. The first-order valence-corrected chi connectivity index (χ1v) is 8.08. The van der Waals surface area contributed by atoms with Gasteiger partial charge >= 0.3 is 0 Å². The Morgan fingerprint density at radius 1 is 1.21 bits per heavy atom. The van der Waals surface area contributed by atoms with Crippen LogP contribution < -0.4 is 10.4 Å². The first kappa shape index (κ1) is 16.3. The zero-order valence-corrected chi connectivity index (χ0v) is 13.7. The molecule has 0 saturated carbocycles. The number of rotatable bonds is 3. The summed E-state index contributed by atoms with van der Waals surface area (Å²) < 4.78 is 0. The lowest BCUT2D eigenvalue weighted by Gasteiger charge is -2.03. The highest BCUT2D eigenvalue weighted by Gasteiger charge is 2.24. The number of hydrogen-bond acceptors (Lipinski definition) is 5. The first-order chi connectivity index (χ1) is 11.5. The number of nitrogens with one attached hydrogen (secondary N) is 1. The van der Waals surface area contributed by atoms with E-state index >= 15 is 0 Å². The standard InChI is InChI=1S/C17H11ClN2O3S/c18-12-6-1-2-7-13(12)19-17-20-15(21)14(24-17)9-10-4-3-5-11(8-10)16(22)23/h1-9H,(H,22,23)(H,19,20,21)/p-1/b14-9+. The fourth-order valence-corrected chi connectivity index (χ4v) is 3.05. The van der Waals surface area contributed by atoms with Gasteiger partial charge in [0.2, 0.25) is 0 Å². The Labute approximate surface area is 147 Å². The summed E-state index contributed by atoms with van der Waals surface area (Å²) in [5.74, 6) is -1.57. The lowest BCUT2D eigenvalue weighted by atomic mass is 10.1. The van der Waals surface area contributed by atoms with Crippen LogP contribution in [0.1, 0.15) is 15.9 Å². The van der Waals surface area contributed by atoms with E-state index in [0.717, 1.165) is 11.8 Å². The molecule has 1 saturated heterocycles. The molecule has 2 aromatic rings. The number of amides is 1. The molecule has 1 aliphatic rings. The van der Waals surface area contributed by atoms with Crippen molar-refractivity contribution in [1.82, 2.24) is 5.32 Å². The normalized spacial score (nSPS) is 17.3. The van der Waals surface area contributed by atoms with Gasteiger partial charge in [-0.15, -0.1) is 0 Å². The van der Waals surface area contributed by atoms with Gasteiger partial charge in [-0.2, -0.15) is 0 Å². The second-order valence-corrected chi connectivity index (χ2v) is 6.28. The number of aliphatic imine (C=N–C) groups is 1. The predicted octanol–water partition coefficient (Wildman–Crippen LogP) is 2.60. The molecule has 2 aromatic carbocycles. The summed E-state index contributed by atoms with van der Waals surface area (Å²) in [7, 11) is 0. The van der Waals surface area contributed by atoms with E-state index in [1.807, 2.05) is 0 Å². The molecule has 0 radical (unpaired) electrons. The van der Waals surface area contributed by atoms with Crippen LogP contribution in [0.4, 0.5) is 5.69 Å². The third kappa shape index (κ3) is 3.67. The summed E-state index contributed by atoms with van der Waals surface area (Å²) in [6.45, 7) is 0. The van der Waals surface area contributed by atoms with Crippen LogP contribution in [0.3, 0.4) is 0 Å². The maximum atomic E-state index is 12.0. The highest BCUT2D eigenvalue weighted by Crippen LogP contribution is 2.30. The van der Waals surface area contributed by atoms with Crippen LogP contribution in [-0.2, 0) is 4.79 Å². The molecule has 1 heterocycles. The summed E-state index contributed by atoms with van der Waals surface area (Å²) >= 11 is 7.21. The highest BCUT2D eigenvalue weighted by molar-refractivity contribution is 8.18. The van der Waals surface area contributed by atoms with Gasteiger partial charge in [-0.25, -0.2) is 4.99 Å². The van der Waals surface area contributed by atoms with Gasteiger partial charge in [0, 0.05) is 0 Å². The van der Waals surface area contributed by atoms with E-state index in [4.69, 9.17) is 11.6 Å². The Kier molecular flexibility index (Phi) is 4.69. The number of halogens is 1. The second-order valence-electron chi connectivity index (χ2n) is 4.85. The number of benzene rings is 2. The Morgan fingerprint density at radius 2 is 2.00 bits per heavy atom. The number of carboxylic acid groups (broad SMARTS) is 1. The Balaban J connectivity index is 1.86. The van der Waals surface area contributed by atoms with Gasteiger partial charge < -0.3 is 15.2 Å². The van der Waals surface area contributed by atoms with E-state index in [1.165, 1.54) is 12.1 Å². The van der Waals surface area contributed by atoms with Gasteiger partial charge in [-0.3, -0.25) is 4.79 Å². The molecule has 0 unspecified atom stereocenters. The first-order valence-electron chi connectivity index (χ1n) is 6.88. The fourth-order valence-electron chi connectivity index (χ4n) is 2.04. The van der Waals surface area contributed by atoms with Crippen molar-refractivity contribution in [2.24, 2.45) is 4.99 Å². The molecule has 0 aliphatic carbocycles. The number of amidine groups is 1. The summed E-state index contributed by atoms with van der Waals surface area (Å²) in [5, 5.41) is 14.4. The summed E-state index contributed by atoms with van der Waals surface area (Å²) in [5.41, 5.74) is 1.20. The Hall–Kier alpha value is -2.57. The minimum absolute atomic E-state index is 0.0534. The van der Waals surface area contributed by atoms with Crippen molar-refractivity contribution in [3.63, 3.8) is 0 Å². The topological polar surface area (TPSA) is 81.6 Å². The maximum absolute atomic E-state index is 12.0. The second kappa shape index (κ2) is 6.90. The van der Waals surface area contributed by atoms with E-state index in [2.05, 4.69) is 10.3 Å². The predicted molar refractivity (Wildman–Crippen MR) is 93.0 cm³/mol. The van der Waals surface area contributed by atoms with E-state index in [0.29, 0.717) is 26.3 Å². The third-order valence-corrected chi connectivity index (χ3v) is 4.37. The number of para-hydroxylation sites is 1. The SMILES string of the molecule is O=C1NC(=Nc2ccccc2Cl)S/C1=C/c1cccc(C(=O)[O-])c1. The lowest BCUT2D eigenvalue weighted by molar-refractivity contribution is -0.255. The van der Waals surface area contributed by atoms with Crippen molar-refractivity contribution in [3.8, 4) is 0 Å². The number of aromatic carboxylic acids is 1. The molecule has 1 N–H and O–H groups in total. The van der Waals surface area contributed by atoms with Crippen LogP contribution in [0.5, 0.6) is 0 Å². The van der Waals surface area contributed by atoms with Crippen LogP contribution in [0, 0.1) is 0 Å². The van der Waals surface area contributed by atoms with Crippen LogP contribution in [0.2, 0.25) is 5.02 Å². The molecule has 7 heteroatoms.